The van der Waals surface area contributed by atoms with Crippen LogP contribution >= 0.6 is 12.4 Å². The van der Waals surface area contributed by atoms with Crippen LogP contribution in [0.5, 0.6) is 0 Å². The molecule has 0 aliphatic heterocycles. The second-order valence-corrected chi connectivity index (χ2v) is 7.33. The van der Waals surface area contributed by atoms with Crippen molar-refractivity contribution in [1.82, 2.24) is 4.98 Å². The van der Waals surface area contributed by atoms with Gasteiger partial charge in [0.1, 0.15) is 0 Å². The van der Waals surface area contributed by atoms with Crippen LogP contribution in [0.1, 0.15) is 69.0 Å². The Bertz CT molecular complexity index is 672. The molecule has 1 aliphatic rings. The summed E-state index contributed by atoms with van der Waals surface area (Å²) in [5.74, 6) is 0. The van der Waals surface area contributed by atoms with E-state index >= 15 is 0 Å². The van der Waals surface area contributed by atoms with Crippen molar-refractivity contribution in [1.29, 1.82) is 0 Å². The van der Waals surface area contributed by atoms with Crippen molar-refractivity contribution in [2.75, 3.05) is 18.4 Å². The van der Waals surface area contributed by atoms with E-state index in [9.17, 15) is 0 Å². The van der Waals surface area contributed by atoms with E-state index in [0.717, 1.165) is 25.0 Å². The van der Waals surface area contributed by atoms with Gasteiger partial charge >= 0.3 is 0 Å². The molecular formula is C22H34ClN3. The first-order chi connectivity index (χ1) is 12.4. The van der Waals surface area contributed by atoms with E-state index < -0.39 is 0 Å². The second kappa shape index (κ2) is 11.4. The van der Waals surface area contributed by atoms with E-state index in [0.29, 0.717) is 0 Å². The second-order valence-electron chi connectivity index (χ2n) is 7.33. The van der Waals surface area contributed by atoms with E-state index in [1.807, 2.05) is 0 Å². The molecule has 0 bridgehead atoms. The molecule has 3 nitrogen and oxygen atoms in total. The van der Waals surface area contributed by atoms with Crippen LogP contribution < -0.4 is 11.1 Å². The topological polar surface area (TPSA) is 50.9 Å². The van der Waals surface area contributed by atoms with Crippen LogP contribution in [0.15, 0.2) is 24.3 Å². The van der Waals surface area contributed by atoms with Gasteiger partial charge in [-0.15, -0.1) is 12.4 Å². The summed E-state index contributed by atoms with van der Waals surface area (Å²) >= 11 is 0. The van der Waals surface area contributed by atoms with Crippen LogP contribution in [0.25, 0.3) is 10.9 Å². The lowest BCUT2D eigenvalue weighted by Gasteiger charge is -2.21. The Morgan fingerprint density at radius 2 is 1.58 bits per heavy atom. The molecule has 144 valence electrons. The first-order valence-electron chi connectivity index (χ1n) is 10.2. The number of nitrogens with two attached hydrogens (primary N) is 1. The molecule has 1 aromatic heterocycles. The average Bonchev–Trinajstić information content (AvgIpc) is 2.66. The van der Waals surface area contributed by atoms with Crippen LogP contribution in [-0.2, 0) is 12.8 Å². The van der Waals surface area contributed by atoms with Crippen LogP contribution in [0.3, 0.4) is 0 Å². The molecule has 0 saturated heterocycles. The number of fused-ring (bicyclic) bond motifs is 2. The van der Waals surface area contributed by atoms with Crippen molar-refractivity contribution in [3.05, 3.63) is 35.5 Å². The van der Waals surface area contributed by atoms with E-state index in [1.54, 1.807) is 0 Å². The monoisotopic (exact) mass is 375 g/mol. The summed E-state index contributed by atoms with van der Waals surface area (Å²) in [5.41, 5.74) is 10.9. The fourth-order valence-electron chi connectivity index (χ4n) is 3.94. The summed E-state index contributed by atoms with van der Waals surface area (Å²) in [6.45, 7) is 1.91. The number of halogens is 1. The van der Waals surface area contributed by atoms with Gasteiger partial charge in [-0.05, 0) is 56.7 Å². The quantitative estimate of drug-likeness (QED) is 0.528. The average molecular weight is 376 g/mol. The van der Waals surface area contributed by atoms with Crippen LogP contribution in [0.4, 0.5) is 5.69 Å². The minimum atomic E-state index is 0. The van der Waals surface area contributed by atoms with Gasteiger partial charge in [0.2, 0.25) is 0 Å². The molecule has 3 N–H and O–H groups in total. The van der Waals surface area contributed by atoms with E-state index in [-0.39, 0.29) is 12.4 Å². The zero-order valence-corrected chi connectivity index (χ0v) is 16.8. The minimum Gasteiger partial charge on any atom is -0.384 e. The Balaban J connectivity index is 0.00000243. The van der Waals surface area contributed by atoms with Crippen LogP contribution in [0, 0.1) is 0 Å². The number of anilines is 1. The van der Waals surface area contributed by atoms with E-state index in [4.69, 9.17) is 10.7 Å². The lowest BCUT2D eigenvalue weighted by atomic mass is 9.92. The van der Waals surface area contributed by atoms with Gasteiger partial charge in [0.15, 0.2) is 0 Å². The van der Waals surface area contributed by atoms with Gasteiger partial charge in [-0.2, -0.15) is 0 Å². The summed E-state index contributed by atoms with van der Waals surface area (Å²) < 4.78 is 0. The van der Waals surface area contributed by atoms with Gasteiger partial charge in [0.05, 0.1) is 5.52 Å². The number of unbranched alkanes of at least 4 members (excludes halogenated alkanes) is 6. The maximum absolute atomic E-state index is 5.54. The lowest BCUT2D eigenvalue weighted by molar-refractivity contribution is 0.588. The number of benzene rings is 1. The third kappa shape index (κ3) is 5.59. The number of para-hydroxylation sites is 1. The number of pyridine rings is 1. The SMILES string of the molecule is Cl.NCCCCCCCCCNc1c2c(nc3ccccc13)CCCC2. The Morgan fingerprint density at radius 1 is 0.885 bits per heavy atom. The maximum atomic E-state index is 5.54. The van der Waals surface area contributed by atoms with Crippen molar-refractivity contribution in [3.8, 4) is 0 Å². The van der Waals surface area contributed by atoms with Crippen LogP contribution in [0.2, 0.25) is 0 Å². The smallest absolute Gasteiger partial charge is 0.0726 e. The first kappa shape index (κ1) is 21.0. The van der Waals surface area contributed by atoms with Gasteiger partial charge in [-0.25, -0.2) is 0 Å². The molecule has 0 amide bonds. The van der Waals surface area contributed by atoms with Crippen molar-refractivity contribution >= 4 is 29.0 Å². The predicted molar refractivity (Wildman–Crippen MR) is 115 cm³/mol. The van der Waals surface area contributed by atoms with Crippen LogP contribution in [-0.4, -0.2) is 18.1 Å². The number of hydrogen-bond acceptors (Lipinski definition) is 3. The Morgan fingerprint density at radius 3 is 2.38 bits per heavy atom. The molecule has 0 atom stereocenters. The fraction of sp³-hybridized carbons (Fsp3) is 0.591. The zero-order valence-electron chi connectivity index (χ0n) is 15.9. The minimum absolute atomic E-state index is 0. The fourth-order valence-corrected chi connectivity index (χ4v) is 3.94. The highest BCUT2D eigenvalue weighted by Crippen LogP contribution is 2.33. The van der Waals surface area contributed by atoms with Crippen molar-refractivity contribution in [3.63, 3.8) is 0 Å². The van der Waals surface area contributed by atoms with Crippen molar-refractivity contribution in [2.45, 2.75) is 70.6 Å². The number of nitrogens with zero attached hydrogens (tertiary/aromatic N) is 1. The molecule has 1 aliphatic carbocycles. The lowest BCUT2D eigenvalue weighted by Crippen LogP contribution is -2.12. The Labute approximate surface area is 164 Å². The standard InChI is InChI=1S/C22H33N3.ClH/c23-16-10-4-2-1-3-5-11-17-24-22-18-12-6-8-14-20(18)25-21-15-9-7-13-19(21)22;/h6,8,12,14H,1-5,7,9-11,13,15-17,23H2,(H,24,25);1H. The summed E-state index contributed by atoms with van der Waals surface area (Å²) in [4.78, 5) is 4.92. The van der Waals surface area contributed by atoms with Gasteiger partial charge in [0, 0.05) is 23.3 Å². The predicted octanol–water partition coefficient (Wildman–Crippen LogP) is 5.64. The van der Waals surface area contributed by atoms with Crippen molar-refractivity contribution in [2.24, 2.45) is 5.73 Å². The number of nitrogens with one attached hydrogen (secondary N) is 1. The number of aromatic nitrogens is 1. The van der Waals surface area contributed by atoms with Crippen molar-refractivity contribution < 1.29 is 0 Å². The van der Waals surface area contributed by atoms with Gasteiger partial charge in [0.25, 0.3) is 0 Å². The maximum Gasteiger partial charge on any atom is 0.0726 e. The number of hydrogen-bond donors (Lipinski definition) is 2. The zero-order chi connectivity index (χ0) is 17.3. The molecule has 4 heteroatoms. The molecule has 0 spiro atoms. The molecular weight excluding hydrogens is 342 g/mol. The molecule has 26 heavy (non-hydrogen) atoms. The highest BCUT2D eigenvalue weighted by atomic mass is 35.5. The molecule has 1 heterocycles. The van der Waals surface area contributed by atoms with E-state index in [2.05, 4.69) is 29.6 Å². The molecule has 2 aromatic rings. The normalized spacial score (nSPS) is 13.3. The molecule has 1 aromatic carbocycles. The largest absolute Gasteiger partial charge is 0.384 e. The van der Waals surface area contributed by atoms with Gasteiger partial charge in [-0.1, -0.05) is 50.3 Å². The third-order valence-electron chi connectivity index (χ3n) is 5.35. The van der Waals surface area contributed by atoms with E-state index in [1.165, 1.54) is 86.5 Å². The molecule has 0 saturated carbocycles. The summed E-state index contributed by atoms with van der Waals surface area (Å²) in [7, 11) is 0. The summed E-state index contributed by atoms with van der Waals surface area (Å²) in [6, 6.07) is 8.60. The van der Waals surface area contributed by atoms with Gasteiger partial charge < -0.3 is 11.1 Å². The Kier molecular flexibility index (Phi) is 9.21. The van der Waals surface area contributed by atoms with Gasteiger partial charge in [-0.3, -0.25) is 4.98 Å². The highest BCUT2D eigenvalue weighted by molar-refractivity contribution is 5.93. The molecule has 0 unspecified atom stereocenters. The summed E-state index contributed by atoms with van der Waals surface area (Å²) in [5, 5.41) is 5.07. The Hall–Kier alpha value is -1.32. The summed E-state index contributed by atoms with van der Waals surface area (Å²) in [6.07, 6.45) is 14.0. The number of rotatable bonds is 10. The highest BCUT2D eigenvalue weighted by Gasteiger charge is 2.17. The first-order valence-corrected chi connectivity index (χ1v) is 10.2. The third-order valence-corrected chi connectivity index (χ3v) is 5.35. The number of aryl methyl sites for hydroxylation is 1. The molecule has 0 radical (unpaired) electrons. The molecule has 3 rings (SSSR count). The molecule has 0 fully saturated rings.